The van der Waals surface area contributed by atoms with Crippen molar-refractivity contribution in [3.63, 3.8) is 0 Å². The highest BCUT2D eigenvalue weighted by Crippen LogP contribution is 2.36. The van der Waals surface area contributed by atoms with Gasteiger partial charge in [0.05, 0.1) is 24.8 Å². The third-order valence-corrected chi connectivity index (χ3v) is 5.74. The molecule has 1 spiro atoms. The number of rotatable bonds is 3. The Morgan fingerprint density at radius 2 is 2.35 bits per heavy atom. The average Bonchev–Trinajstić information content (AvgIpc) is 3.16. The summed E-state index contributed by atoms with van der Waals surface area (Å²) >= 11 is 1.47. The van der Waals surface area contributed by atoms with E-state index >= 15 is 0 Å². The van der Waals surface area contributed by atoms with Gasteiger partial charge < -0.3 is 14.4 Å². The zero-order valence-corrected chi connectivity index (χ0v) is 14.3. The van der Waals surface area contributed by atoms with Crippen molar-refractivity contribution >= 4 is 17.2 Å². The zero-order chi connectivity index (χ0) is 15.9. The summed E-state index contributed by atoms with van der Waals surface area (Å²) in [6.07, 6.45) is 2.55. The van der Waals surface area contributed by atoms with Crippen LogP contribution in [0.15, 0.2) is 10.9 Å². The van der Waals surface area contributed by atoms with Crippen molar-refractivity contribution in [2.75, 3.05) is 39.4 Å². The summed E-state index contributed by atoms with van der Waals surface area (Å²) in [6.45, 7) is 7.17. The topological polar surface area (TPSA) is 54.9 Å². The molecule has 7 heteroatoms. The molecule has 3 aliphatic rings. The van der Waals surface area contributed by atoms with Gasteiger partial charge in [0.25, 0.3) is 5.91 Å². The molecule has 1 amide bonds. The number of carbonyl (C=O) groups excluding carboxylic acids is 1. The summed E-state index contributed by atoms with van der Waals surface area (Å²) in [5, 5.41) is 1.83. The number of hydrogen-bond donors (Lipinski definition) is 0. The second-order valence-electron chi connectivity index (χ2n) is 6.94. The molecule has 126 valence electrons. The first-order valence-electron chi connectivity index (χ1n) is 8.32. The Morgan fingerprint density at radius 1 is 1.48 bits per heavy atom. The van der Waals surface area contributed by atoms with E-state index in [1.54, 1.807) is 5.51 Å². The lowest BCUT2D eigenvalue weighted by molar-refractivity contribution is -0.202. The van der Waals surface area contributed by atoms with Gasteiger partial charge in [-0.1, -0.05) is 0 Å². The Hall–Kier alpha value is -1.02. The number of amides is 1. The minimum Gasteiger partial charge on any atom is -0.375 e. The van der Waals surface area contributed by atoms with Gasteiger partial charge in [0.2, 0.25) is 0 Å². The molecule has 1 aromatic rings. The average molecular weight is 337 g/mol. The molecule has 4 heterocycles. The monoisotopic (exact) mass is 337 g/mol. The molecule has 0 radical (unpaired) electrons. The highest BCUT2D eigenvalue weighted by atomic mass is 32.1. The molecule has 1 unspecified atom stereocenters. The van der Waals surface area contributed by atoms with E-state index in [2.05, 4.69) is 16.8 Å². The number of hydrogen-bond acceptors (Lipinski definition) is 6. The van der Waals surface area contributed by atoms with Crippen LogP contribution >= 0.6 is 11.3 Å². The zero-order valence-electron chi connectivity index (χ0n) is 13.4. The van der Waals surface area contributed by atoms with Crippen LogP contribution in [0.1, 0.15) is 30.3 Å². The predicted octanol–water partition coefficient (Wildman–Crippen LogP) is 1.24. The molecule has 1 aromatic heterocycles. The van der Waals surface area contributed by atoms with E-state index in [1.807, 2.05) is 10.3 Å². The Bertz CT molecular complexity index is 561. The predicted molar refractivity (Wildman–Crippen MR) is 86.7 cm³/mol. The highest BCUT2D eigenvalue weighted by molar-refractivity contribution is 7.07. The van der Waals surface area contributed by atoms with Gasteiger partial charge in [-0.2, -0.15) is 0 Å². The summed E-state index contributed by atoms with van der Waals surface area (Å²) in [7, 11) is 0. The van der Waals surface area contributed by atoms with Crippen molar-refractivity contribution in [3.05, 3.63) is 16.6 Å². The van der Waals surface area contributed by atoms with Crippen LogP contribution in [-0.2, 0) is 9.47 Å². The van der Waals surface area contributed by atoms with E-state index in [4.69, 9.17) is 9.47 Å². The molecule has 4 rings (SSSR count). The largest absolute Gasteiger partial charge is 0.375 e. The summed E-state index contributed by atoms with van der Waals surface area (Å²) in [5.41, 5.74) is 2.31. The van der Waals surface area contributed by atoms with Crippen LogP contribution < -0.4 is 0 Å². The van der Waals surface area contributed by atoms with Crippen molar-refractivity contribution in [2.45, 2.75) is 37.5 Å². The van der Waals surface area contributed by atoms with Gasteiger partial charge in [-0.25, -0.2) is 4.98 Å². The first kappa shape index (κ1) is 15.5. The van der Waals surface area contributed by atoms with Crippen LogP contribution in [0, 0.1) is 0 Å². The lowest BCUT2D eigenvalue weighted by Crippen LogP contribution is -2.55. The second-order valence-corrected chi connectivity index (χ2v) is 7.65. The number of nitrogens with zero attached hydrogens (tertiary/aromatic N) is 3. The van der Waals surface area contributed by atoms with Crippen LogP contribution in [0.2, 0.25) is 0 Å². The fraction of sp³-hybridized carbons (Fsp3) is 0.750. The first-order valence-corrected chi connectivity index (χ1v) is 9.27. The smallest absolute Gasteiger partial charge is 0.273 e. The third-order valence-electron chi connectivity index (χ3n) is 5.15. The fourth-order valence-corrected chi connectivity index (χ4v) is 4.35. The van der Waals surface area contributed by atoms with Crippen LogP contribution in [0.3, 0.4) is 0 Å². The molecule has 0 N–H and O–H groups in total. The number of aromatic nitrogens is 1. The van der Waals surface area contributed by atoms with Gasteiger partial charge >= 0.3 is 0 Å². The Morgan fingerprint density at radius 3 is 2.96 bits per heavy atom. The van der Waals surface area contributed by atoms with Gasteiger partial charge in [-0.3, -0.25) is 9.69 Å². The number of carbonyl (C=O) groups is 1. The molecule has 23 heavy (non-hydrogen) atoms. The fourth-order valence-electron chi connectivity index (χ4n) is 3.82. The van der Waals surface area contributed by atoms with Crippen molar-refractivity contribution < 1.29 is 14.3 Å². The van der Waals surface area contributed by atoms with Crippen molar-refractivity contribution in [2.24, 2.45) is 0 Å². The van der Waals surface area contributed by atoms with Crippen molar-refractivity contribution in [3.8, 4) is 0 Å². The van der Waals surface area contributed by atoms with E-state index in [0.717, 1.165) is 52.2 Å². The van der Waals surface area contributed by atoms with Gasteiger partial charge in [0.1, 0.15) is 11.3 Å². The molecule has 0 aromatic carbocycles. The molecule has 0 aliphatic carbocycles. The molecule has 0 bridgehead atoms. The maximum atomic E-state index is 12.5. The lowest BCUT2D eigenvalue weighted by Gasteiger charge is -2.41. The van der Waals surface area contributed by atoms with Crippen molar-refractivity contribution in [1.82, 2.24) is 14.8 Å². The molecule has 3 aliphatic heterocycles. The van der Waals surface area contributed by atoms with E-state index in [-0.39, 0.29) is 17.6 Å². The summed E-state index contributed by atoms with van der Waals surface area (Å²) < 4.78 is 11.5. The SMILES string of the molecule is C[C@H]1CN(CC2CCC3(COC3)O2)CCN1C(=O)c1cscn1. The minimum atomic E-state index is 0.0265. The van der Waals surface area contributed by atoms with Crippen LogP contribution in [0.4, 0.5) is 0 Å². The number of piperazine rings is 1. The molecule has 0 saturated carbocycles. The number of thiazole rings is 1. The van der Waals surface area contributed by atoms with Crippen molar-refractivity contribution in [1.29, 1.82) is 0 Å². The Labute approximate surface area is 140 Å². The Balaban J connectivity index is 1.30. The van der Waals surface area contributed by atoms with E-state index in [9.17, 15) is 4.79 Å². The normalized spacial score (nSPS) is 30.6. The quantitative estimate of drug-likeness (QED) is 0.831. The van der Waals surface area contributed by atoms with Crippen LogP contribution in [0.25, 0.3) is 0 Å². The Kier molecular flexibility index (Phi) is 4.13. The van der Waals surface area contributed by atoms with E-state index < -0.39 is 0 Å². The first-order chi connectivity index (χ1) is 11.2. The third kappa shape index (κ3) is 3.03. The van der Waals surface area contributed by atoms with Crippen LogP contribution in [-0.4, -0.2) is 77.8 Å². The molecular formula is C16H23N3O3S. The van der Waals surface area contributed by atoms with Gasteiger partial charge in [0, 0.05) is 37.6 Å². The standard InChI is InChI=1S/C16H23N3O3S/c1-12-6-18(7-13-2-3-16(22-13)9-21-10-16)4-5-19(12)15(20)14-8-23-11-17-14/h8,11-13H,2-7,9-10H2,1H3/t12-,13?/m0/s1. The molecule has 2 atom stereocenters. The highest BCUT2D eigenvalue weighted by Gasteiger charge is 2.46. The summed E-state index contributed by atoms with van der Waals surface area (Å²) in [5.74, 6) is 0.0566. The second kappa shape index (κ2) is 6.12. The maximum Gasteiger partial charge on any atom is 0.273 e. The van der Waals surface area contributed by atoms with Gasteiger partial charge in [0.15, 0.2) is 0 Å². The molecule has 3 fully saturated rings. The van der Waals surface area contributed by atoms with Gasteiger partial charge in [-0.15, -0.1) is 11.3 Å². The van der Waals surface area contributed by atoms with Crippen LogP contribution in [0.5, 0.6) is 0 Å². The van der Waals surface area contributed by atoms with Gasteiger partial charge in [-0.05, 0) is 19.8 Å². The molecular weight excluding hydrogens is 314 g/mol. The lowest BCUT2D eigenvalue weighted by atomic mass is 9.98. The van der Waals surface area contributed by atoms with E-state index in [0.29, 0.717) is 11.8 Å². The summed E-state index contributed by atoms with van der Waals surface area (Å²) in [6, 6.07) is 0.209. The molecule has 6 nitrogen and oxygen atoms in total. The minimum absolute atomic E-state index is 0.0265. The number of ether oxygens (including phenoxy) is 2. The maximum absolute atomic E-state index is 12.5. The van der Waals surface area contributed by atoms with E-state index in [1.165, 1.54) is 11.3 Å². The summed E-state index contributed by atoms with van der Waals surface area (Å²) in [4.78, 5) is 21.0. The molecule has 3 saturated heterocycles.